The van der Waals surface area contributed by atoms with E-state index in [9.17, 15) is 12.8 Å². The molecule has 0 unspecified atom stereocenters. The minimum absolute atomic E-state index is 0.0548. The smallest absolute Gasteiger partial charge is 0.266 e. The molecular formula is C12H14ClFN4O2S. The molecule has 2 aromatic rings. The van der Waals surface area contributed by atoms with E-state index < -0.39 is 20.7 Å². The first-order chi connectivity index (χ1) is 9.72. The third-order valence-corrected chi connectivity index (χ3v) is 4.33. The largest absolute Gasteiger partial charge is 0.399 e. The average Bonchev–Trinajstić information content (AvgIpc) is 2.81. The highest BCUT2D eigenvalue weighted by Gasteiger charge is 2.23. The number of sulfonamides is 1. The molecule has 0 amide bonds. The topological polar surface area (TPSA) is 90.0 Å². The summed E-state index contributed by atoms with van der Waals surface area (Å²) in [6.07, 6.45) is 1.44. The van der Waals surface area contributed by atoms with Crippen molar-refractivity contribution in [1.82, 2.24) is 9.78 Å². The molecule has 0 spiro atoms. The van der Waals surface area contributed by atoms with Gasteiger partial charge in [-0.05, 0) is 26.0 Å². The van der Waals surface area contributed by atoms with Crippen LogP contribution < -0.4 is 10.5 Å². The molecule has 114 valence electrons. The zero-order chi connectivity index (χ0) is 15.8. The number of rotatable bonds is 4. The molecule has 0 fully saturated rings. The second-order valence-electron chi connectivity index (χ2n) is 4.68. The normalized spacial score (nSPS) is 11.9. The summed E-state index contributed by atoms with van der Waals surface area (Å²) in [5.74, 6) is -0.822. The molecule has 2 rings (SSSR count). The summed E-state index contributed by atoms with van der Waals surface area (Å²) >= 11 is 5.62. The molecule has 0 saturated carbocycles. The summed E-state index contributed by atoms with van der Waals surface area (Å²) in [6, 6.07) is 3.57. The van der Waals surface area contributed by atoms with Crippen LogP contribution in [0.1, 0.15) is 19.9 Å². The van der Waals surface area contributed by atoms with Crippen LogP contribution in [-0.2, 0) is 10.0 Å². The molecule has 0 aliphatic carbocycles. The lowest BCUT2D eigenvalue weighted by molar-refractivity contribution is 0.538. The van der Waals surface area contributed by atoms with E-state index in [4.69, 9.17) is 17.3 Å². The van der Waals surface area contributed by atoms with Crippen molar-refractivity contribution in [3.05, 3.63) is 35.2 Å². The van der Waals surface area contributed by atoms with Crippen molar-refractivity contribution < 1.29 is 12.8 Å². The van der Waals surface area contributed by atoms with Crippen molar-refractivity contribution in [3.63, 3.8) is 0 Å². The van der Waals surface area contributed by atoms with Crippen molar-refractivity contribution in [3.8, 4) is 0 Å². The number of benzene rings is 1. The second kappa shape index (κ2) is 5.53. The number of nitrogens with one attached hydrogen (secondary N) is 1. The number of nitrogens with two attached hydrogens (primary N) is 1. The third kappa shape index (κ3) is 3.11. The van der Waals surface area contributed by atoms with Gasteiger partial charge in [0.25, 0.3) is 10.0 Å². The Hall–Kier alpha value is -1.80. The summed E-state index contributed by atoms with van der Waals surface area (Å²) in [5, 5.41) is 3.64. The molecule has 21 heavy (non-hydrogen) atoms. The van der Waals surface area contributed by atoms with E-state index in [1.165, 1.54) is 16.9 Å². The van der Waals surface area contributed by atoms with Crippen LogP contribution in [0.25, 0.3) is 0 Å². The van der Waals surface area contributed by atoms with E-state index in [1.807, 2.05) is 13.8 Å². The van der Waals surface area contributed by atoms with E-state index in [1.54, 1.807) is 0 Å². The molecule has 0 atom stereocenters. The Labute approximate surface area is 126 Å². The molecule has 0 radical (unpaired) electrons. The van der Waals surface area contributed by atoms with Gasteiger partial charge < -0.3 is 5.73 Å². The van der Waals surface area contributed by atoms with Crippen LogP contribution in [0, 0.1) is 5.82 Å². The quantitative estimate of drug-likeness (QED) is 0.842. The SMILES string of the molecule is CC(C)n1nccc1NS(=O)(=O)c1cc(N)cc(Cl)c1F. The van der Waals surface area contributed by atoms with Gasteiger partial charge in [0.15, 0.2) is 5.82 Å². The van der Waals surface area contributed by atoms with Crippen molar-refractivity contribution in [2.24, 2.45) is 0 Å². The average molecular weight is 333 g/mol. The summed E-state index contributed by atoms with van der Waals surface area (Å²) in [5.41, 5.74) is 5.57. The highest BCUT2D eigenvalue weighted by atomic mass is 35.5. The molecule has 0 bridgehead atoms. The zero-order valence-electron chi connectivity index (χ0n) is 11.3. The maximum absolute atomic E-state index is 13.9. The Morgan fingerprint density at radius 1 is 1.43 bits per heavy atom. The molecule has 3 N–H and O–H groups in total. The van der Waals surface area contributed by atoms with Crippen LogP contribution >= 0.6 is 11.6 Å². The lowest BCUT2D eigenvalue weighted by atomic mass is 10.3. The van der Waals surface area contributed by atoms with E-state index in [-0.39, 0.29) is 22.6 Å². The Bertz CT molecular complexity index is 774. The maximum atomic E-state index is 13.9. The van der Waals surface area contributed by atoms with Gasteiger partial charge >= 0.3 is 0 Å². The minimum atomic E-state index is -4.17. The molecule has 1 heterocycles. The molecule has 0 aliphatic heterocycles. The van der Waals surface area contributed by atoms with E-state index in [0.29, 0.717) is 0 Å². The second-order valence-corrected chi connectivity index (χ2v) is 6.73. The van der Waals surface area contributed by atoms with Gasteiger partial charge in [-0.1, -0.05) is 11.6 Å². The number of nitrogens with zero attached hydrogens (tertiary/aromatic N) is 2. The van der Waals surface area contributed by atoms with E-state index in [2.05, 4.69) is 9.82 Å². The third-order valence-electron chi connectivity index (χ3n) is 2.71. The predicted octanol–water partition coefficient (Wildman–Crippen LogP) is 2.64. The van der Waals surface area contributed by atoms with Crippen molar-refractivity contribution in [2.45, 2.75) is 24.8 Å². The fourth-order valence-corrected chi connectivity index (χ4v) is 3.25. The minimum Gasteiger partial charge on any atom is -0.399 e. The fraction of sp³-hybridized carbons (Fsp3) is 0.250. The van der Waals surface area contributed by atoms with Gasteiger partial charge in [0.1, 0.15) is 10.7 Å². The molecule has 0 aliphatic rings. The van der Waals surface area contributed by atoms with Crippen LogP contribution in [0.4, 0.5) is 15.9 Å². The molecule has 0 saturated heterocycles. The number of hydrogen-bond acceptors (Lipinski definition) is 4. The van der Waals surface area contributed by atoms with E-state index >= 15 is 0 Å². The lowest BCUT2D eigenvalue weighted by Gasteiger charge is -2.14. The monoisotopic (exact) mass is 332 g/mol. The zero-order valence-corrected chi connectivity index (χ0v) is 12.9. The number of nitrogen functional groups attached to an aromatic ring is 1. The fourth-order valence-electron chi connectivity index (χ4n) is 1.78. The summed E-state index contributed by atoms with van der Waals surface area (Å²) < 4.78 is 42.3. The van der Waals surface area contributed by atoms with Gasteiger partial charge in [-0.25, -0.2) is 17.5 Å². The number of anilines is 2. The van der Waals surface area contributed by atoms with Crippen molar-refractivity contribution in [2.75, 3.05) is 10.5 Å². The van der Waals surface area contributed by atoms with Crippen molar-refractivity contribution >= 4 is 33.1 Å². The first kappa shape index (κ1) is 15.6. The molecule has 9 heteroatoms. The predicted molar refractivity (Wildman–Crippen MR) is 79.2 cm³/mol. The molecule has 6 nitrogen and oxygen atoms in total. The highest BCUT2D eigenvalue weighted by Crippen LogP contribution is 2.27. The molecule has 1 aromatic carbocycles. The number of hydrogen-bond donors (Lipinski definition) is 2. The standard InChI is InChI=1S/C12H14ClFN4O2S/c1-7(2)18-11(3-4-16-18)17-21(19,20)10-6-8(15)5-9(13)12(10)14/h3-7,17H,15H2,1-2H3. The molecule has 1 aromatic heterocycles. The van der Waals surface area contributed by atoms with Crippen LogP contribution in [0.3, 0.4) is 0 Å². The van der Waals surface area contributed by atoms with Gasteiger partial charge in [0.05, 0.1) is 11.2 Å². The summed E-state index contributed by atoms with van der Waals surface area (Å²) in [6.45, 7) is 3.67. The van der Waals surface area contributed by atoms with Crippen LogP contribution in [0.15, 0.2) is 29.3 Å². The summed E-state index contributed by atoms with van der Waals surface area (Å²) in [4.78, 5) is -0.607. The maximum Gasteiger partial charge on any atom is 0.266 e. The Morgan fingerprint density at radius 2 is 2.10 bits per heavy atom. The number of halogens is 2. The molecular weight excluding hydrogens is 319 g/mol. The summed E-state index contributed by atoms with van der Waals surface area (Å²) in [7, 11) is -4.17. The first-order valence-electron chi connectivity index (χ1n) is 6.03. The Morgan fingerprint density at radius 3 is 2.71 bits per heavy atom. The first-order valence-corrected chi connectivity index (χ1v) is 7.89. The van der Waals surface area contributed by atoms with Crippen LogP contribution in [0.2, 0.25) is 5.02 Å². The van der Waals surface area contributed by atoms with Gasteiger partial charge in [-0.15, -0.1) is 0 Å². The highest BCUT2D eigenvalue weighted by molar-refractivity contribution is 7.92. The van der Waals surface area contributed by atoms with Crippen molar-refractivity contribution in [1.29, 1.82) is 0 Å². The Kier molecular flexibility index (Phi) is 4.11. The van der Waals surface area contributed by atoms with Gasteiger partial charge in [0, 0.05) is 17.8 Å². The Balaban J connectivity index is 2.46. The van der Waals surface area contributed by atoms with Gasteiger partial charge in [0.2, 0.25) is 0 Å². The van der Waals surface area contributed by atoms with Gasteiger partial charge in [-0.2, -0.15) is 5.10 Å². The van der Waals surface area contributed by atoms with Crippen LogP contribution in [-0.4, -0.2) is 18.2 Å². The number of aromatic nitrogens is 2. The van der Waals surface area contributed by atoms with Gasteiger partial charge in [-0.3, -0.25) is 4.72 Å². The lowest BCUT2D eigenvalue weighted by Crippen LogP contribution is -2.18. The van der Waals surface area contributed by atoms with Crippen LogP contribution in [0.5, 0.6) is 0 Å². The van der Waals surface area contributed by atoms with E-state index in [0.717, 1.165) is 12.1 Å².